The van der Waals surface area contributed by atoms with E-state index >= 15 is 0 Å². The van der Waals surface area contributed by atoms with Crippen molar-refractivity contribution in [1.82, 2.24) is 9.97 Å². The van der Waals surface area contributed by atoms with E-state index in [9.17, 15) is 14.8 Å². The van der Waals surface area contributed by atoms with Gasteiger partial charge < -0.3 is 16.6 Å². The number of aromatic nitrogens is 2. The topological polar surface area (TPSA) is 122 Å². The normalized spacial score (nSPS) is 20.4. The summed E-state index contributed by atoms with van der Waals surface area (Å²) in [4.78, 5) is 8.45. The van der Waals surface area contributed by atoms with E-state index < -0.39 is 5.82 Å². The number of hydrogen-bond acceptors (Lipinski definition) is 6. The van der Waals surface area contributed by atoms with E-state index in [0.29, 0.717) is 12.1 Å². The number of hydrogen-bond donors (Lipinski definition) is 3. The Bertz CT molecular complexity index is 802. The Labute approximate surface area is 132 Å². The second kappa shape index (κ2) is 5.82. The Morgan fingerprint density at radius 1 is 1.30 bits per heavy atom. The van der Waals surface area contributed by atoms with Crippen LogP contribution in [0.5, 0.6) is 5.75 Å². The molecule has 1 aromatic heterocycles. The minimum Gasteiger partial charge on any atom is -0.507 e. The Balaban J connectivity index is 2.15. The predicted octanol–water partition coefficient (Wildman–Crippen LogP) is 2.04. The molecule has 2 atom stereocenters. The molecule has 7 heteroatoms. The maximum Gasteiger partial charge on any atom is 0.165 e. The number of halogens is 1. The van der Waals surface area contributed by atoms with Gasteiger partial charge in [0.2, 0.25) is 0 Å². The highest BCUT2D eigenvalue weighted by atomic mass is 19.1. The Morgan fingerprint density at radius 2 is 2.09 bits per heavy atom. The van der Waals surface area contributed by atoms with Crippen LogP contribution in [0.3, 0.4) is 0 Å². The number of nitrogen functional groups attached to an aromatic ring is 1. The highest BCUT2D eigenvalue weighted by molar-refractivity contribution is 5.67. The van der Waals surface area contributed by atoms with Crippen molar-refractivity contribution < 1.29 is 9.50 Å². The summed E-state index contributed by atoms with van der Waals surface area (Å²) in [5.74, 6) is -0.525. The zero-order valence-corrected chi connectivity index (χ0v) is 12.3. The fraction of sp³-hybridized carbons (Fsp3) is 0.312. The summed E-state index contributed by atoms with van der Waals surface area (Å²) in [6, 6.07) is 5.61. The van der Waals surface area contributed by atoms with Gasteiger partial charge in [-0.1, -0.05) is 0 Å². The maximum absolute atomic E-state index is 13.5. The third kappa shape index (κ3) is 2.81. The summed E-state index contributed by atoms with van der Waals surface area (Å²) >= 11 is 0. The molecular weight excluding hydrogens is 297 g/mol. The fourth-order valence-electron chi connectivity index (χ4n) is 2.98. The molecule has 5 N–H and O–H groups in total. The second-order valence-electron chi connectivity index (χ2n) is 5.74. The molecule has 2 aromatic rings. The molecule has 0 radical (unpaired) electrons. The average molecular weight is 313 g/mol. The van der Waals surface area contributed by atoms with Gasteiger partial charge in [-0.2, -0.15) is 5.26 Å². The molecule has 0 saturated heterocycles. The number of anilines is 1. The Morgan fingerprint density at radius 3 is 2.74 bits per heavy atom. The molecule has 0 bridgehead atoms. The van der Waals surface area contributed by atoms with Gasteiger partial charge in [0.15, 0.2) is 5.82 Å². The van der Waals surface area contributed by atoms with Gasteiger partial charge in [-0.15, -0.1) is 0 Å². The third-order valence-electron chi connectivity index (χ3n) is 4.14. The molecule has 1 saturated carbocycles. The first-order valence-corrected chi connectivity index (χ1v) is 7.31. The smallest absolute Gasteiger partial charge is 0.165 e. The van der Waals surface area contributed by atoms with E-state index in [1.165, 1.54) is 6.07 Å². The lowest BCUT2D eigenvalue weighted by Gasteiger charge is -2.14. The van der Waals surface area contributed by atoms with Gasteiger partial charge in [-0.05, 0) is 37.5 Å². The predicted molar refractivity (Wildman–Crippen MR) is 82.8 cm³/mol. The molecular formula is C16H16FN5O. The first kappa shape index (κ1) is 15.2. The first-order valence-electron chi connectivity index (χ1n) is 7.31. The van der Waals surface area contributed by atoms with Crippen molar-refractivity contribution in [2.24, 2.45) is 5.73 Å². The zero-order valence-electron chi connectivity index (χ0n) is 12.3. The van der Waals surface area contributed by atoms with E-state index in [1.54, 1.807) is 0 Å². The van der Waals surface area contributed by atoms with Crippen LogP contribution in [0.1, 0.15) is 36.4 Å². The molecule has 1 aromatic carbocycles. The Kier molecular flexibility index (Phi) is 3.84. The van der Waals surface area contributed by atoms with Crippen molar-refractivity contribution in [3.63, 3.8) is 0 Å². The van der Waals surface area contributed by atoms with Gasteiger partial charge in [-0.25, -0.2) is 14.4 Å². The number of nitriles is 1. The molecule has 23 heavy (non-hydrogen) atoms. The van der Waals surface area contributed by atoms with Crippen LogP contribution < -0.4 is 11.5 Å². The summed E-state index contributed by atoms with van der Waals surface area (Å²) in [5.41, 5.74) is 12.7. The van der Waals surface area contributed by atoms with Crippen LogP contribution in [0.4, 0.5) is 10.2 Å². The van der Waals surface area contributed by atoms with Gasteiger partial charge in [-0.3, -0.25) is 0 Å². The van der Waals surface area contributed by atoms with Crippen LogP contribution in [0.25, 0.3) is 11.4 Å². The monoisotopic (exact) mass is 313 g/mol. The van der Waals surface area contributed by atoms with E-state index in [4.69, 9.17) is 11.5 Å². The highest BCUT2D eigenvalue weighted by Crippen LogP contribution is 2.37. The summed E-state index contributed by atoms with van der Waals surface area (Å²) in [7, 11) is 0. The minimum atomic E-state index is -0.520. The standard InChI is InChI=1S/C16H16FN5O/c17-9-2-4-13(23)11(6-9)16-21-14(8-1-3-10(19)5-8)12(7-18)15(20)22-16/h2,4,6,8,10,23H,1,3,5,19H2,(H2,20,21,22). The van der Waals surface area contributed by atoms with Crippen LogP contribution in [0.2, 0.25) is 0 Å². The summed E-state index contributed by atoms with van der Waals surface area (Å²) < 4.78 is 13.5. The maximum atomic E-state index is 13.5. The van der Waals surface area contributed by atoms with Crippen molar-refractivity contribution in [3.8, 4) is 23.2 Å². The molecule has 1 fully saturated rings. The molecule has 2 unspecified atom stereocenters. The lowest BCUT2D eigenvalue weighted by atomic mass is 9.98. The highest BCUT2D eigenvalue weighted by Gasteiger charge is 2.28. The minimum absolute atomic E-state index is 0.0133. The van der Waals surface area contributed by atoms with Crippen molar-refractivity contribution in [1.29, 1.82) is 5.26 Å². The van der Waals surface area contributed by atoms with Crippen LogP contribution in [0, 0.1) is 17.1 Å². The molecule has 0 amide bonds. The van der Waals surface area contributed by atoms with Crippen LogP contribution in [-0.2, 0) is 0 Å². The van der Waals surface area contributed by atoms with Gasteiger partial charge in [0.1, 0.15) is 29.0 Å². The number of phenols is 1. The second-order valence-corrected chi connectivity index (χ2v) is 5.74. The fourth-order valence-corrected chi connectivity index (χ4v) is 2.98. The summed E-state index contributed by atoms with van der Waals surface area (Å²) in [5, 5.41) is 19.3. The molecule has 3 rings (SSSR count). The molecule has 1 aliphatic carbocycles. The SMILES string of the molecule is N#Cc1c(N)nc(-c2cc(F)ccc2O)nc1C1CCC(N)C1. The number of phenolic OH excluding ortho intramolecular Hbond substituents is 1. The summed E-state index contributed by atoms with van der Waals surface area (Å²) in [6.07, 6.45) is 2.36. The van der Waals surface area contributed by atoms with E-state index in [0.717, 1.165) is 25.0 Å². The number of rotatable bonds is 2. The number of aromatic hydroxyl groups is 1. The molecule has 0 spiro atoms. The van der Waals surface area contributed by atoms with Gasteiger partial charge >= 0.3 is 0 Å². The average Bonchev–Trinajstić information content (AvgIpc) is 2.95. The molecule has 0 aliphatic heterocycles. The van der Waals surface area contributed by atoms with E-state index in [1.807, 2.05) is 6.07 Å². The lowest BCUT2D eigenvalue weighted by molar-refractivity contribution is 0.474. The molecule has 6 nitrogen and oxygen atoms in total. The van der Waals surface area contributed by atoms with Gasteiger partial charge in [0.25, 0.3) is 0 Å². The van der Waals surface area contributed by atoms with Crippen molar-refractivity contribution >= 4 is 5.82 Å². The third-order valence-corrected chi connectivity index (χ3v) is 4.14. The molecule has 1 heterocycles. The largest absolute Gasteiger partial charge is 0.507 e. The van der Waals surface area contributed by atoms with Gasteiger partial charge in [0.05, 0.1) is 11.3 Å². The first-order chi connectivity index (χ1) is 11.0. The van der Waals surface area contributed by atoms with Crippen LogP contribution >= 0.6 is 0 Å². The Hall–Kier alpha value is -2.72. The van der Waals surface area contributed by atoms with Crippen molar-refractivity contribution in [3.05, 3.63) is 35.3 Å². The van der Waals surface area contributed by atoms with Crippen LogP contribution in [0.15, 0.2) is 18.2 Å². The van der Waals surface area contributed by atoms with Gasteiger partial charge in [0, 0.05) is 12.0 Å². The quantitative estimate of drug-likeness (QED) is 0.780. The summed E-state index contributed by atoms with van der Waals surface area (Å²) in [6.45, 7) is 0. The number of benzene rings is 1. The number of nitrogens with zero attached hydrogens (tertiary/aromatic N) is 3. The van der Waals surface area contributed by atoms with E-state index in [-0.39, 0.29) is 40.5 Å². The van der Waals surface area contributed by atoms with Crippen molar-refractivity contribution in [2.45, 2.75) is 31.2 Å². The van der Waals surface area contributed by atoms with Crippen LogP contribution in [-0.4, -0.2) is 21.1 Å². The molecule has 1 aliphatic rings. The number of nitrogens with two attached hydrogens (primary N) is 2. The zero-order chi connectivity index (χ0) is 16.6. The molecule has 118 valence electrons. The lowest BCUT2D eigenvalue weighted by Crippen LogP contribution is -2.15. The van der Waals surface area contributed by atoms with E-state index in [2.05, 4.69) is 9.97 Å². The van der Waals surface area contributed by atoms with Crippen molar-refractivity contribution in [2.75, 3.05) is 5.73 Å².